The van der Waals surface area contributed by atoms with Crippen molar-refractivity contribution in [1.82, 2.24) is 0 Å². The summed E-state index contributed by atoms with van der Waals surface area (Å²) in [5.74, 6) is 0.179. The Hall–Kier alpha value is -0.830. The monoisotopic (exact) mass is 141 g/mol. The van der Waals surface area contributed by atoms with Crippen molar-refractivity contribution in [2.45, 2.75) is 6.42 Å². The van der Waals surface area contributed by atoms with Crippen LogP contribution >= 0.6 is 0 Å². The lowest BCUT2D eigenvalue weighted by atomic mass is 9.87. The smallest absolute Gasteiger partial charge is 0.333 e. The van der Waals surface area contributed by atoms with E-state index < -0.39 is 0 Å². The highest BCUT2D eigenvalue weighted by Gasteiger charge is 2.23. The van der Waals surface area contributed by atoms with Crippen LogP contribution in [0.25, 0.3) is 0 Å². The normalized spacial score (nSPS) is 23.0. The van der Waals surface area contributed by atoms with E-state index in [9.17, 15) is 4.79 Å². The first-order valence-electron chi connectivity index (χ1n) is 3.27. The quantitative estimate of drug-likeness (QED) is 0.553. The minimum atomic E-state index is -0.218. The fourth-order valence-corrected chi connectivity index (χ4v) is 0.967. The minimum Gasteiger partial charge on any atom is -0.466 e. The molecule has 0 radical (unpaired) electrons. The average Bonchev–Trinajstić information content (AvgIpc) is 1.85. The van der Waals surface area contributed by atoms with E-state index in [0.717, 1.165) is 12.0 Å². The fourth-order valence-electron chi connectivity index (χ4n) is 0.967. The molecule has 0 aromatic rings. The van der Waals surface area contributed by atoms with Gasteiger partial charge in [-0.1, -0.05) is 6.08 Å². The van der Waals surface area contributed by atoms with E-state index >= 15 is 0 Å². The second kappa shape index (κ2) is 2.84. The number of hydrogen-bond donors (Lipinski definition) is 1. The summed E-state index contributed by atoms with van der Waals surface area (Å²) < 4.78 is 4.50. The van der Waals surface area contributed by atoms with Crippen LogP contribution in [-0.4, -0.2) is 19.6 Å². The molecule has 0 spiro atoms. The molecular weight excluding hydrogens is 130 g/mol. The SMILES string of the molecule is COC(=O)C1=CC(CN)C1. The zero-order valence-corrected chi connectivity index (χ0v) is 5.96. The Kier molecular flexibility index (Phi) is 2.06. The number of rotatable bonds is 2. The molecule has 1 aliphatic carbocycles. The zero-order chi connectivity index (χ0) is 7.56. The second-order valence-corrected chi connectivity index (χ2v) is 2.38. The highest BCUT2D eigenvalue weighted by molar-refractivity contribution is 5.89. The Morgan fingerprint density at radius 2 is 2.60 bits per heavy atom. The summed E-state index contributed by atoms with van der Waals surface area (Å²) in [5, 5.41) is 0. The summed E-state index contributed by atoms with van der Waals surface area (Å²) in [4.78, 5) is 10.7. The van der Waals surface area contributed by atoms with Crippen molar-refractivity contribution in [3.63, 3.8) is 0 Å². The van der Waals surface area contributed by atoms with Crippen molar-refractivity contribution in [3.05, 3.63) is 11.6 Å². The van der Waals surface area contributed by atoms with Crippen LogP contribution in [0.1, 0.15) is 6.42 Å². The van der Waals surface area contributed by atoms with Gasteiger partial charge >= 0.3 is 5.97 Å². The molecule has 0 amide bonds. The Morgan fingerprint density at radius 1 is 2.00 bits per heavy atom. The molecule has 0 aromatic carbocycles. The number of methoxy groups -OCH3 is 1. The molecule has 0 heterocycles. The second-order valence-electron chi connectivity index (χ2n) is 2.38. The average molecular weight is 141 g/mol. The summed E-state index contributed by atoms with van der Waals surface area (Å²) in [6.45, 7) is 0.625. The Morgan fingerprint density at radius 3 is 3.00 bits per heavy atom. The summed E-state index contributed by atoms with van der Waals surface area (Å²) in [7, 11) is 1.39. The van der Waals surface area contributed by atoms with Gasteiger partial charge in [-0.2, -0.15) is 0 Å². The zero-order valence-electron chi connectivity index (χ0n) is 5.96. The third kappa shape index (κ3) is 1.19. The van der Waals surface area contributed by atoms with Crippen molar-refractivity contribution in [3.8, 4) is 0 Å². The number of esters is 1. The van der Waals surface area contributed by atoms with Gasteiger partial charge < -0.3 is 10.5 Å². The maximum atomic E-state index is 10.7. The first-order valence-corrected chi connectivity index (χ1v) is 3.27. The van der Waals surface area contributed by atoms with Crippen LogP contribution in [0.2, 0.25) is 0 Å². The molecule has 1 unspecified atom stereocenters. The molecule has 0 aromatic heterocycles. The molecule has 10 heavy (non-hydrogen) atoms. The van der Waals surface area contributed by atoms with Gasteiger partial charge in [-0.15, -0.1) is 0 Å². The van der Waals surface area contributed by atoms with Gasteiger partial charge in [0.15, 0.2) is 0 Å². The predicted molar refractivity (Wildman–Crippen MR) is 37.3 cm³/mol. The number of nitrogens with two attached hydrogens (primary N) is 1. The largest absolute Gasteiger partial charge is 0.466 e. The van der Waals surface area contributed by atoms with E-state index in [1.807, 2.05) is 6.08 Å². The molecule has 1 atom stereocenters. The van der Waals surface area contributed by atoms with Crippen LogP contribution in [0.5, 0.6) is 0 Å². The Bertz CT molecular complexity index is 174. The molecular formula is C7H11NO2. The van der Waals surface area contributed by atoms with E-state index in [0.29, 0.717) is 12.5 Å². The number of hydrogen-bond acceptors (Lipinski definition) is 3. The number of carbonyl (C=O) groups is 1. The number of carbonyl (C=O) groups excluding carboxylic acids is 1. The molecule has 3 heteroatoms. The minimum absolute atomic E-state index is 0.218. The summed E-state index contributed by atoms with van der Waals surface area (Å²) in [5.41, 5.74) is 6.10. The standard InChI is InChI=1S/C7H11NO2/c1-10-7(9)6-2-5(3-6)4-8/h2,5H,3-4,8H2,1H3. The van der Waals surface area contributed by atoms with E-state index in [4.69, 9.17) is 5.73 Å². The first-order chi connectivity index (χ1) is 4.77. The van der Waals surface area contributed by atoms with Gasteiger partial charge in [0.1, 0.15) is 0 Å². The van der Waals surface area contributed by atoms with E-state index in [1.165, 1.54) is 7.11 Å². The van der Waals surface area contributed by atoms with Crippen molar-refractivity contribution >= 4 is 5.97 Å². The van der Waals surface area contributed by atoms with Gasteiger partial charge in [0, 0.05) is 5.57 Å². The van der Waals surface area contributed by atoms with Gasteiger partial charge in [0.05, 0.1) is 7.11 Å². The van der Waals surface area contributed by atoms with Crippen molar-refractivity contribution in [2.24, 2.45) is 11.7 Å². The Labute approximate surface area is 59.8 Å². The molecule has 56 valence electrons. The summed E-state index contributed by atoms with van der Waals surface area (Å²) in [6, 6.07) is 0. The fraction of sp³-hybridized carbons (Fsp3) is 0.571. The van der Waals surface area contributed by atoms with Crippen LogP contribution < -0.4 is 5.73 Å². The lowest BCUT2D eigenvalue weighted by molar-refractivity contribution is -0.136. The van der Waals surface area contributed by atoms with Gasteiger partial charge in [-0.25, -0.2) is 4.79 Å². The first kappa shape index (κ1) is 7.28. The molecule has 1 rings (SSSR count). The highest BCUT2D eigenvalue weighted by Crippen LogP contribution is 2.25. The van der Waals surface area contributed by atoms with Crippen LogP contribution in [0.3, 0.4) is 0 Å². The maximum Gasteiger partial charge on any atom is 0.333 e. The summed E-state index contributed by atoms with van der Waals surface area (Å²) in [6.07, 6.45) is 2.65. The predicted octanol–water partition coefficient (Wildman–Crippen LogP) is 0.0644. The molecule has 2 N–H and O–H groups in total. The molecule has 1 aliphatic rings. The van der Waals surface area contributed by atoms with E-state index in [-0.39, 0.29) is 5.97 Å². The highest BCUT2D eigenvalue weighted by atomic mass is 16.5. The van der Waals surface area contributed by atoms with Crippen molar-refractivity contribution in [1.29, 1.82) is 0 Å². The van der Waals surface area contributed by atoms with E-state index in [2.05, 4.69) is 4.74 Å². The third-order valence-corrected chi connectivity index (χ3v) is 1.67. The van der Waals surface area contributed by atoms with Crippen molar-refractivity contribution < 1.29 is 9.53 Å². The topological polar surface area (TPSA) is 52.3 Å². The van der Waals surface area contributed by atoms with Gasteiger partial charge in [0.25, 0.3) is 0 Å². The van der Waals surface area contributed by atoms with Crippen molar-refractivity contribution in [2.75, 3.05) is 13.7 Å². The van der Waals surface area contributed by atoms with Gasteiger partial charge in [-0.3, -0.25) is 0 Å². The lowest BCUT2D eigenvalue weighted by Gasteiger charge is -2.21. The summed E-state index contributed by atoms with van der Waals surface area (Å²) >= 11 is 0. The molecule has 3 nitrogen and oxygen atoms in total. The van der Waals surface area contributed by atoms with Crippen LogP contribution in [-0.2, 0) is 9.53 Å². The van der Waals surface area contributed by atoms with Gasteiger partial charge in [0.2, 0.25) is 0 Å². The van der Waals surface area contributed by atoms with Crippen LogP contribution in [0.15, 0.2) is 11.6 Å². The maximum absolute atomic E-state index is 10.7. The molecule has 0 bridgehead atoms. The van der Waals surface area contributed by atoms with Crippen LogP contribution in [0, 0.1) is 5.92 Å². The number of ether oxygens (including phenoxy) is 1. The molecule has 0 saturated carbocycles. The van der Waals surface area contributed by atoms with E-state index in [1.54, 1.807) is 0 Å². The molecule has 0 fully saturated rings. The molecule has 0 aliphatic heterocycles. The molecule has 0 saturated heterocycles. The Balaban J connectivity index is 2.42. The lowest BCUT2D eigenvalue weighted by Crippen LogP contribution is -2.24. The van der Waals surface area contributed by atoms with Gasteiger partial charge in [-0.05, 0) is 18.9 Å². The van der Waals surface area contributed by atoms with Crippen LogP contribution in [0.4, 0.5) is 0 Å². The third-order valence-electron chi connectivity index (χ3n) is 1.67.